The molecule has 4 N–H and O–H groups in total. The first-order valence-electron chi connectivity index (χ1n) is 4.95. The lowest BCUT2D eigenvalue weighted by atomic mass is 10.1. The van der Waals surface area contributed by atoms with Crippen molar-refractivity contribution in [2.45, 2.75) is 19.4 Å². The van der Waals surface area contributed by atoms with Gasteiger partial charge in [0.1, 0.15) is 0 Å². The third-order valence-corrected chi connectivity index (χ3v) is 2.98. The highest BCUT2D eigenvalue weighted by Gasteiger charge is 2.21. The van der Waals surface area contributed by atoms with Gasteiger partial charge in [-0.25, -0.2) is 0 Å². The van der Waals surface area contributed by atoms with E-state index in [2.05, 4.69) is 5.32 Å². The number of carbonyl (C=O) groups is 1. The highest BCUT2D eigenvalue weighted by atomic mass is 35.5. The molecule has 17 heavy (non-hydrogen) atoms. The topological polar surface area (TPSA) is 75.3 Å². The predicted molar refractivity (Wildman–Crippen MR) is 69.5 cm³/mol. The van der Waals surface area contributed by atoms with Crippen LogP contribution in [0.3, 0.4) is 0 Å². The minimum Gasteiger partial charge on any atom is -0.397 e. The number of nitrogen functional groups attached to an aromatic ring is 1. The van der Waals surface area contributed by atoms with Gasteiger partial charge in [-0.1, -0.05) is 23.2 Å². The largest absolute Gasteiger partial charge is 0.397 e. The lowest BCUT2D eigenvalue weighted by molar-refractivity contribution is 0.0869. The van der Waals surface area contributed by atoms with Crippen LogP contribution in [0, 0.1) is 0 Å². The molecule has 0 aliphatic heterocycles. The number of hydrogen-bond donors (Lipinski definition) is 3. The SMILES string of the molecule is CC(C)(CO)NC(=O)c1cc(N)c(Cl)c(Cl)c1. The van der Waals surface area contributed by atoms with Crippen LogP contribution in [0.25, 0.3) is 0 Å². The summed E-state index contributed by atoms with van der Waals surface area (Å²) in [7, 11) is 0. The van der Waals surface area contributed by atoms with Gasteiger partial charge in [0.05, 0.1) is 27.9 Å². The summed E-state index contributed by atoms with van der Waals surface area (Å²) in [6, 6.07) is 2.88. The van der Waals surface area contributed by atoms with Crippen molar-refractivity contribution in [3.8, 4) is 0 Å². The van der Waals surface area contributed by atoms with Gasteiger partial charge in [-0.3, -0.25) is 4.79 Å². The van der Waals surface area contributed by atoms with E-state index in [9.17, 15) is 4.79 Å². The van der Waals surface area contributed by atoms with E-state index in [0.29, 0.717) is 5.56 Å². The molecule has 0 aliphatic carbocycles. The zero-order chi connectivity index (χ0) is 13.2. The molecule has 1 amide bonds. The first-order chi connectivity index (χ1) is 7.76. The zero-order valence-corrected chi connectivity index (χ0v) is 11.1. The highest BCUT2D eigenvalue weighted by Crippen LogP contribution is 2.29. The normalized spacial score (nSPS) is 11.4. The van der Waals surface area contributed by atoms with Gasteiger partial charge in [0.2, 0.25) is 0 Å². The van der Waals surface area contributed by atoms with Gasteiger partial charge in [-0.05, 0) is 26.0 Å². The molecule has 0 unspecified atom stereocenters. The highest BCUT2D eigenvalue weighted by molar-refractivity contribution is 6.43. The van der Waals surface area contributed by atoms with Crippen molar-refractivity contribution in [2.75, 3.05) is 12.3 Å². The summed E-state index contributed by atoms with van der Waals surface area (Å²) in [5, 5.41) is 12.2. The smallest absolute Gasteiger partial charge is 0.251 e. The summed E-state index contributed by atoms with van der Waals surface area (Å²) < 4.78 is 0. The minimum absolute atomic E-state index is 0.171. The van der Waals surface area contributed by atoms with Gasteiger partial charge < -0.3 is 16.2 Å². The van der Waals surface area contributed by atoms with Crippen LogP contribution in [0.1, 0.15) is 24.2 Å². The molecule has 1 aromatic carbocycles. The standard InChI is InChI=1S/C11H14Cl2N2O2/c1-11(2,5-16)15-10(17)6-3-7(12)9(13)8(14)4-6/h3-4,16H,5,14H2,1-2H3,(H,15,17). The van der Waals surface area contributed by atoms with Gasteiger partial charge >= 0.3 is 0 Å². The molecule has 0 fully saturated rings. The summed E-state index contributed by atoms with van der Waals surface area (Å²) in [5.74, 6) is -0.366. The van der Waals surface area contributed by atoms with Gasteiger partial charge in [0.15, 0.2) is 0 Å². The number of anilines is 1. The van der Waals surface area contributed by atoms with Gasteiger partial charge in [0, 0.05) is 5.56 Å². The molecule has 0 bridgehead atoms. The van der Waals surface area contributed by atoms with Gasteiger partial charge in [-0.2, -0.15) is 0 Å². The maximum atomic E-state index is 11.9. The van der Waals surface area contributed by atoms with Crippen LogP contribution in [0.2, 0.25) is 10.0 Å². The maximum Gasteiger partial charge on any atom is 0.251 e. The van der Waals surface area contributed by atoms with Crippen LogP contribution < -0.4 is 11.1 Å². The van der Waals surface area contributed by atoms with Crippen LogP contribution in [0.4, 0.5) is 5.69 Å². The van der Waals surface area contributed by atoms with E-state index in [1.54, 1.807) is 13.8 Å². The second kappa shape index (κ2) is 5.12. The maximum absolute atomic E-state index is 11.9. The Bertz CT molecular complexity index is 424. The number of hydrogen-bond acceptors (Lipinski definition) is 3. The fraction of sp³-hybridized carbons (Fsp3) is 0.364. The molecule has 0 aromatic heterocycles. The third-order valence-electron chi connectivity index (χ3n) is 2.17. The third kappa shape index (κ3) is 3.49. The van der Waals surface area contributed by atoms with E-state index < -0.39 is 5.54 Å². The van der Waals surface area contributed by atoms with Crippen LogP contribution in [0.5, 0.6) is 0 Å². The Labute approximate surface area is 110 Å². The molecule has 4 nitrogen and oxygen atoms in total. The Balaban J connectivity index is 2.98. The second-order valence-electron chi connectivity index (χ2n) is 4.36. The van der Waals surface area contributed by atoms with Crippen LogP contribution in [-0.4, -0.2) is 23.2 Å². The van der Waals surface area contributed by atoms with E-state index in [4.69, 9.17) is 34.0 Å². The molecule has 0 aliphatic rings. The van der Waals surface area contributed by atoms with Gasteiger partial charge in [-0.15, -0.1) is 0 Å². The summed E-state index contributed by atoms with van der Waals surface area (Å²) in [6.45, 7) is 3.23. The Morgan fingerprint density at radius 2 is 2.06 bits per heavy atom. The average Bonchev–Trinajstić information content (AvgIpc) is 2.24. The summed E-state index contributed by atoms with van der Waals surface area (Å²) >= 11 is 11.6. The number of benzene rings is 1. The number of nitrogens with two attached hydrogens (primary N) is 1. The van der Waals surface area contributed by atoms with Crippen molar-refractivity contribution in [1.82, 2.24) is 5.32 Å². The quantitative estimate of drug-likeness (QED) is 0.740. The van der Waals surface area contributed by atoms with E-state index in [-0.39, 0.29) is 28.2 Å². The fourth-order valence-electron chi connectivity index (χ4n) is 1.16. The fourth-order valence-corrected chi connectivity index (χ4v) is 1.50. The Hall–Kier alpha value is -0.970. The molecular formula is C11H14Cl2N2O2. The number of carbonyl (C=O) groups excluding carboxylic acids is 1. The molecule has 0 heterocycles. The molecule has 0 atom stereocenters. The number of aliphatic hydroxyl groups excluding tert-OH is 1. The monoisotopic (exact) mass is 276 g/mol. The molecule has 1 rings (SSSR count). The number of rotatable bonds is 3. The molecule has 6 heteroatoms. The van der Waals surface area contributed by atoms with Crippen molar-refractivity contribution in [2.24, 2.45) is 0 Å². The van der Waals surface area contributed by atoms with E-state index in [1.165, 1.54) is 12.1 Å². The Kier molecular flexibility index (Phi) is 4.25. The van der Waals surface area contributed by atoms with Crippen molar-refractivity contribution >= 4 is 34.8 Å². The zero-order valence-electron chi connectivity index (χ0n) is 9.55. The summed E-state index contributed by atoms with van der Waals surface area (Å²) in [6.07, 6.45) is 0. The predicted octanol–water partition coefficient (Wildman–Crippen LogP) is 2.08. The van der Waals surface area contributed by atoms with E-state index >= 15 is 0 Å². The van der Waals surface area contributed by atoms with E-state index in [1.807, 2.05) is 0 Å². The lowest BCUT2D eigenvalue weighted by Crippen LogP contribution is -2.46. The average molecular weight is 277 g/mol. The summed E-state index contributed by atoms with van der Waals surface area (Å²) in [5.41, 5.74) is 5.45. The molecule has 0 spiro atoms. The molecule has 94 valence electrons. The number of amides is 1. The molecule has 0 radical (unpaired) electrons. The van der Waals surface area contributed by atoms with Crippen LogP contribution >= 0.6 is 23.2 Å². The number of aliphatic hydroxyl groups is 1. The Morgan fingerprint density at radius 1 is 1.47 bits per heavy atom. The van der Waals surface area contributed by atoms with Crippen LogP contribution in [-0.2, 0) is 0 Å². The molecular weight excluding hydrogens is 263 g/mol. The second-order valence-corrected chi connectivity index (χ2v) is 5.14. The van der Waals surface area contributed by atoms with E-state index in [0.717, 1.165) is 0 Å². The van der Waals surface area contributed by atoms with Crippen LogP contribution in [0.15, 0.2) is 12.1 Å². The molecule has 0 saturated carbocycles. The van der Waals surface area contributed by atoms with Gasteiger partial charge in [0.25, 0.3) is 5.91 Å². The summed E-state index contributed by atoms with van der Waals surface area (Å²) in [4.78, 5) is 11.9. The first-order valence-corrected chi connectivity index (χ1v) is 5.70. The first kappa shape index (κ1) is 14.1. The Morgan fingerprint density at radius 3 is 2.53 bits per heavy atom. The number of nitrogens with one attached hydrogen (secondary N) is 1. The van der Waals surface area contributed by atoms with Crippen molar-refractivity contribution in [3.63, 3.8) is 0 Å². The minimum atomic E-state index is -0.710. The molecule has 1 aromatic rings. The van der Waals surface area contributed by atoms with Crippen molar-refractivity contribution in [3.05, 3.63) is 27.7 Å². The van der Waals surface area contributed by atoms with Crippen molar-refractivity contribution in [1.29, 1.82) is 0 Å². The number of halogens is 2. The van der Waals surface area contributed by atoms with Crippen molar-refractivity contribution < 1.29 is 9.90 Å². The molecule has 0 saturated heterocycles. The lowest BCUT2D eigenvalue weighted by Gasteiger charge is -2.23.